The lowest BCUT2D eigenvalue weighted by Gasteiger charge is -2.41. The van der Waals surface area contributed by atoms with Crippen LogP contribution in [0.5, 0.6) is 0 Å². The van der Waals surface area contributed by atoms with Crippen LogP contribution in [-0.2, 0) is 22.3 Å². The van der Waals surface area contributed by atoms with Gasteiger partial charge in [0, 0.05) is 14.1 Å². The summed E-state index contributed by atoms with van der Waals surface area (Å²) in [4.78, 5) is 5.75. The predicted molar refractivity (Wildman–Crippen MR) is 99.3 cm³/mol. The molecule has 6 atom stereocenters. The van der Waals surface area contributed by atoms with Gasteiger partial charge in [-0.05, 0) is 17.7 Å². The van der Waals surface area contributed by atoms with E-state index >= 15 is 0 Å². The van der Waals surface area contributed by atoms with Crippen molar-refractivity contribution in [2.24, 2.45) is 4.99 Å². The van der Waals surface area contributed by atoms with E-state index in [1.165, 1.54) is 6.07 Å². The van der Waals surface area contributed by atoms with Gasteiger partial charge in [0.15, 0.2) is 11.3 Å². The molecule has 1 aromatic rings. The van der Waals surface area contributed by atoms with Crippen molar-refractivity contribution in [3.63, 3.8) is 0 Å². The Balaban J connectivity index is 1.78. The number of amidine groups is 1. The second-order valence-electron chi connectivity index (χ2n) is 7.34. The third-order valence-corrected chi connectivity index (χ3v) is 6.08. The van der Waals surface area contributed by atoms with Crippen molar-refractivity contribution in [2.45, 2.75) is 54.9 Å². The Morgan fingerprint density at radius 2 is 1.84 bits per heavy atom. The number of aliphatic imine (C=N–C) groups is 1. The first kappa shape index (κ1) is 24.1. The largest absolute Gasteiger partial charge is 0.417 e. The molecule has 1 aromatic carbocycles. The van der Waals surface area contributed by atoms with E-state index in [1.807, 2.05) is 0 Å². The van der Waals surface area contributed by atoms with Crippen LogP contribution in [0, 0.1) is 0 Å². The van der Waals surface area contributed by atoms with Gasteiger partial charge in [-0.25, -0.2) is 0 Å². The molecule has 0 amide bonds. The third kappa shape index (κ3) is 5.28. The average Bonchev–Trinajstić information content (AvgIpc) is 3.09. The van der Waals surface area contributed by atoms with Gasteiger partial charge in [0.2, 0.25) is 0 Å². The first-order valence-corrected chi connectivity index (χ1v) is 9.95. The summed E-state index contributed by atoms with van der Waals surface area (Å²) in [7, 11) is 3.31. The normalized spacial score (nSPS) is 30.0. The summed E-state index contributed by atoms with van der Waals surface area (Å²) >= 11 is 0.994. The van der Waals surface area contributed by atoms with E-state index in [0.717, 1.165) is 23.9 Å². The zero-order valence-corrected chi connectivity index (χ0v) is 17.1. The Bertz CT molecular complexity index is 819. The van der Waals surface area contributed by atoms with Gasteiger partial charge in [0.25, 0.3) is 0 Å². The number of alkyl halides is 6. The first-order valence-electron chi connectivity index (χ1n) is 9.07. The topological polar surface area (TPSA) is 74.5 Å². The number of rotatable bonds is 4. The Morgan fingerprint density at radius 1 is 1.16 bits per heavy atom. The Labute approximate surface area is 177 Å². The molecule has 0 saturated carbocycles. The molecule has 13 heteroatoms. The molecule has 1 fully saturated rings. The number of nitrogens with zero attached hydrogens (tertiary/aromatic N) is 2. The maximum atomic E-state index is 13.7. The van der Waals surface area contributed by atoms with E-state index in [2.05, 4.69) is 4.99 Å². The summed E-state index contributed by atoms with van der Waals surface area (Å²) in [5.41, 5.74) is -2.15. The van der Waals surface area contributed by atoms with E-state index < -0.39 is 60.4 Å². The number of fused-ring (bicyclic) bond motifs is 1. The highest BCUT2D eigenvalue weighted by Crippen LogP contribution is 2.41. The first-order chi connectivity index (χ1) is 14.3. The zero-order chi connectivity index (χ0) is 23.1. The van der Waals surface area contributed by atoms with Gasteiger partial charge in [-0.2, -0.15) is 26.3 Å². The molecule has 1 saturated heterocycles. The van der Waals surface area contributed by atoms with Gasteiger partial charge in [-0.1, -0.05) is 23.9 Å². The molecule has 2 aliphatic rings. The average molecular weight is 474 g/mol. The predicted octanol–water partition coefficient (Wildman–Crippen LogP) is 2.63. The highest BCUT2D eigenvalue weighted by atomic mass is 32.2. The van der Waals surface area contributed by atoms with Crippen molar-refractivity contribution < 1.29 is 46.0 Å². The lowest BCUT2D eigenvalue weighted by molar-refractivity contribution is -0.287. The summed E-state index contributed by atoms with van der Waals surface area (Å²) in [5.74, 6) is 0. The van der Waals surface area contributed by atoms with Crippen molar-refractivity contribution >= 4 is 16.9 Å². The summed E-state index contributed by atoms with van der Waals surface area (Å²) in [5, 5.41) is 21.0. The summed E-state index contributed by atoms with van der Waals surface area (Å²) < 4.78 is 89.9. The molecule has 0 aliphatic carbocycles. The molecule has 0 aromatic heterocycles. The summed E-state index contributed by atoms with van der Waals surface area (Å²) in [6, 6.07) is 2.75. The molecule has 2 aliphatic heterocycles. The number of benzene rings is 1. The highest BCUT2D eigenvalue weighted by Gasteiger charge is 2.57. The van der Waals surface area contributed by atoms with E-state index in [0.29, 0.717) is 11.2 Å². The molecule has 6 nitrogen and oxygen atoms in total. The van der Waals surface area contributed by atoms with Crippen LogP contribution in [0.1, 0.15) is 11.1 Å². The van der Waals surface area contributed by atoms with E-state index in [4.69, 9.17) is 9.47 Å². The van der Waals surface area contributed by atoms with Crippen LogP contribution >= 0.6 is 11.8 Å². The van der Waals surface area contributed by atoms with Crippen LogP contribution in [-0.4, -0.2) is 76.4 Å². The number of hydrogen-bond donors (Lipinski definition) is 2. The van der Waals surface area contributed by atoms with Crippen LogP contribution in [0.2, 0.25) is 0 Å². The van der Waals surface area contributed by atoms with Gasteiger partial charge in [-0.3, -0.25) is 4.99 Å². The van der Waals surface area contributed by atoms with Crippen LogP contribution < -0.4 is 0 Å². The lowest BCUT2D eigenvalue weighted by Crippen LogP contribution is -2.61. The van der Waals surface area contributed by atoms with E-state index in [9.17, 15) is 36.6 Å². The number of hydrogen-bond acceptors (Lipinski definition) is 7. The van der Waals surface area contributed by atoms with Gasteiger partial charge < -0.3 is 24.6 Å². The fourth-order valence-corrected chi connectivity index (χ4v) is 4.39. The SMILES string of the molecule is CN(C)C1=NC2C(OC(C(OCc3cccc(C(F)(F)F)c3)C(F)(F)F)C(O)C2O)S1. The summed E-state index contributed by atoms with van der Waals surface area (Å²) in [6.07, 6.45) is -18.0. The number of ether oxygens (including phenoxy) is 2. The number of aliphatic hydroxyl groups is 2. The quantitative estimate of drug-likeness (QED) is 0.654. The molecule has 6 unspecified atom stereocenters. The van der Waals surface area contributed by atoms with Gasteiger partial charge in [0.1, 0.15) is 29.8 Å². The van der Waals surface area contributed by atoms with Crippen molar-refractivity contribution in [2.75, 3.05) is 14.1 Å². The van der Waals surface area contributed by atoms with Crippen LogP contribution in [0.4, 0.5) is 26.3 Å². The molecule has 0 bridgehead atoms. The van der Waals surface area contributed by atoms with E-state index in [-0.39, 0.29) is 5.56 Å². The number of halogens is 6. The molecular weight excluding hydrogens is 454 g/mol. The van der Waals surface area contributed by atoms with Crippen LogP contribution in [0.15, 0.2) is 29.3 Å². The fourth-order valence-electron chi connectivity index (χ4n) is 3.24. The molecular formula is C18H20F6N2O4S. The van der Waals surface area contributed by atoms with Crippen molar-refractivity contribution in [1.82, 2.24) is 4.90 Å². The highest BCUT2D eigenvalue weighted by molar-refractivity contribution is 8.14. The van der Waals surface area contributed by atoms with Crippen molar-refractivity contribution in [3.05, 3.63) is 35.4 Å². The molecule has 174 valence electrons. The van der Waals surface area contributed by atoms with Gasteiger partial charge in [-0.15, -0.1) is 0 Å². The van der Waals surface area contributed by atoms with Gasteiger partial charge in [0.05, 0.1) is 12.2 Å². The number of aliphatic hydroxyl groups excluding tert-OH is 2. The van der Waals surface area contributed by atoms with Gasteiger partial charge >= 0.3 is 12.4 Å². The Hall–Kier alpha value is -1.54. The Morgan fingerprint density at radius 3 is 2.42 bits per heavy atom. The second-order valence-corrected chi connectivity index (χ2v) is 8.40. The lowest BCUT2D eigenvalue weighted by atomic mass is 9.94. The van der Waals surface area contributed by atoms with E-state index in [1.54, 1.807) is 19.0 Å². The maximum Gasteiger partial charge on any atom is 0.417 e. The molecule has 2 heterocycles. The monoisotopic (exact) mass is 474 g/mol. The minimum atomic E-state index is -5.02. The third-order valence-electron chi connectivity index (χ3n) is 4.78. The standard InChI is InChI=1S/C18H20F6N2O4S/c1-26(2)16-25-10-11(27)12(28)13(30-15(10)31-16)14(18(22,23)24)29-7-8-4-3-5-9(6-8)17(19,20)21/h3-6,10-15,27-28H,7H2,1-2H3. The smallest absolute Gasteiger partial charge is 0.388 e. The fraction of sp³-hybridized carbons (Fsp3) is 0.611. The number of thioether (sulfide) groups is 1. The zero-order valence-electron chi connectivity index (χ0n) is 16.3. The van der Waals surface area contributed by atoms with Crippen LogP contribution in [0.3, 0.4) is 0 Å². The molecule has 0 spiro atoms. The molecule has 0 radical (unpaired) electrons. The maximum absolute atomic E-state index is 13.7. The van der Waals surface area contributed by atoms with Crippen LogP contribution in [0.25, 0.3) is 0 Å². The van der Waals surface area contributed by atoms with Crippen molar-refractivity contribution in [3.8, 4) is 0 Å². The summed E-state index contributed by atoms with van der Waals surface area (Å²) in [6.45, 7) is -0.808. The minimum Gasteiger partial charge on any atom is -0.388 e. The molecule has 3 rings (SSSR count). The van der Waals surface area contributed by atoms with Crippen molar-refractivity contribution in [1.29, 1.82) is 0 Å². The molecule has 31 heavy (non-hydrogen) atoms. The molecule has 2 N–H and O–H groups in total. The minimum absolute atomic E-state index is 0.138. The second kappa shape index (κ2) is 8.77. The Kier molecular flexibility index (Phi) is 6.82.